The molecule has 1 heterocycles. The number of esters is 1. The molecule has 7 heteroatoms. The molecule has 0 bridgehead atoms. The zero-order valence-corrected chi connectivity index (χ0v) is 15.5. The van der Waals surface area contributed by atoms with Gasteiger partial charge in [-0.05, 0) is 48.9 Å². The summed E-state index contributed by atoms with van der Waals surface area (Å²) in [5.74, 6) is -0.643. The average molecular weight is 391 g/mol. The Morgan fingerprint density at radius 1 is 1.00 bits per heavy atom. The number of carbonyl (C=O) groups is 1. The molecule has 0 atom stereocenters. The van der Waals surface area contributed by atoms with Crippen LogP contribution in [-0.2, 0) is 11.3 Å². The highest BCUT2D eigenvalue weighted by Gasteiger charge is 2.20. The minimum atomic E-state index is -0.643. The summed E-state index contributed by atoms with van der Waals surface area (Å²) in [6.07, 6.45) is 1.50. The van der Waals surface area contributed by atoms with Gasteiger partial charge in [0, 0.05) is 16.2 Å². The summed E-state index contributed by atoms with van der Waals surface area (Å²) in [7, 11) is 0. The Hall–Kier alpha value is -2.50. The van der Waals surface area contributed by atoms with E-state index in [1.54, 1.807) is 48.0 Å². The molecule has 134 valence electrons. The van der Waals surface area contributed by atoms with Crippen LogP contribution in [0.3, 0.4) is 0 Å². The normalized spacial score (nSPS) is 10.7. The Morgan fingerprint density at radius 3 is 2.15 bits per heavy atom. The van der Waals surface area contributed by atoms with Crippen molar-refractivity contribution in [2.24, 2.45) is 0 Å². The van der Waals surface area contributed by atoms with Gasteiger partial charge in [0.25, 0.3) is 5.56 Å². The van der Waals surface area contributed by atoms with Gasteiger partial charge in [-0.25, -0.2) is 9.48 Å². The molecule has 0 amide bonds. The second-order valence-electron chi connectivity index (χ2n) is 5.58. The predicted octanol–water partition coefficient (Wildman–Crippen LogP) is 4.17. The Labute approximate surface area is 160 Å². The number of halogens is 2. The Morgan fingerprint density at radius 2 is 1.58 bits per heavy atom. The first kappa shape index (κ1) is 18.3. The van der Waals surface area contributed by atoms with Crippen LogP contribution < -0.4 is 5.56 Å². The lowest BCUT2D eigenvalue weighted by Gasteiger charge is -2.12. The van der Waals surface area contributed by atoms with Crippen LogP contribution >= 0.6 is 23.2 Å². The highest BCUT2D eigenvalue weighted by Crippen LogP contribution is 2.15. The fourth-order valence-electron chi connectivity index (χ4n) is 2.58. The lowest BCUT2D eigenvalue weighted by molar-refractivity contribution is 0.0524. The first-order chi connectivity index (χ1) is 12.5. The number of nitrogens with zero attached hydrogens (tertiary/aromatic N) is 2. The van der Waals surface area contributed by atoms with E-state index in [9.17, 15) is 9.59 Å². The van der Waals surface area contributed by atoms with E-state index in [4.69, 9.17) is 27.9 Å². The van der Waals surface area contributed by atoms with Crippen LogP contribution in [0.15, 0.2) is 59.5 Å². The number of hydrogen-bond acceptors (Lipinski definition) is 3. The van der Waals surface area contributed by atoms with Gasteiger partial charge in [-0.1, -0.05) is 35.3 Å². The number of ether oxygens (including phenoxy) is 1. The summed E-state index contributed by atoms with van der Waals surface area (Å²) in [5, 5.41) is 1.19. The third-order valence-corrected chi connectivity index (χ3v) is 4.29. The van der Waals surface area contributed by atoms with Gasteiger partial charge in [0.05, 0.1) is 18.8 Å². The summed E-state index contributed by atoms with van der Waals surface area (Å²) in [6.45, 7) is 2.27. The molecule has 2 aromatic carbocycles. The number of carbonyl (C=O) groups excluding carboxylic acids is 1. The van der Waals surface area contributed by atoms with Crippen molar-refractivity contribution in [1.29, 1.82) is 0 Å². The molecular weight excluding hydrogens is 375 g/mol. The van der Waals surface area contributed by atoms with Gasteiger partial charge in [-0.3, -0.25) is 9.48 Å². The average Bonchev–Trinajstić information content (AvgIpc) is 2.94. The summed E-state index contributed by atoms with van der Waals surface area (Å²) >= 11 is 11.9. The Kier molecular flexibility index (Phi) is 5.49. The van der Waals surface area contributed by atoms with Crippen molar-refractivity contribution in [2.45, 2.75) is 13.5 Å². The van der Waals surface area contributed by atoms with Crippen LogP contribution in [0.1, 0.15) is 22.8 Å². The van der Waals surface area contributed by atoms with E-state index in [-0.39, 0.29) is 12.2 Å². The molecule has 0 unspecified atom stereocenters. The molecule has 26 heavy (non-hydrogen) atoms. The second-order valence-corrected chi connectivity index (χ2v) is 6.45. The predicted molar refractivity (Wildman–Crippen MR) is 102 cm³/mol. The molecule has 0 aliphatic carbocycles. The summed E-state index contributed by atoms with van der Waals surface area (Å²) in [6, 6.07) is 14.1. The monoisotopic (exact) mass is 390 g/mol. The molecule has 3 aromatic rings. The molecule has 0 saturated heterocycles. The SMILES string of the molecule is CCOC(=O)c1cn(Cc2ccc(Cl)cc2)n(-c2ccc(Cl)cc2)c1=O. The summed E-state index contributed by atoms with van der Waals surface area (Å²) in [5.41, 5.74) is 1.07. The van der Waals surface area contributed by atoms with Crippen LogP contribution in [0.4, 0.5) is 0 Å². The third-order valence-electron chi connectivity index (χ3n) is 3.78. The number of hydrogen-bond donors (Lipinski definition) is 0. The van der Waals surface area contributed by atoms with Gasteiger partial charge in [0.2, 0.25) is 0 Å². The van der Waals surface area contributed by atoms with Gasteiger partial charge < -0.3 is 4.74 Å². The van der Waals surface area contributed by atoms with Gasteiger partial charge in [0.15, 0.2) is 0 Å². The highest BCUT2D eigenvalue weighted by molar-refractivity contribution is 6.30. The van der Waals surface area contributed by atoms with E-state index >= 15 is 0 Å². The van der Waals surface area contributed by atoms with Crippen molar-refractivity contribution in [3.05, 3.63) is 86.3 Å². The molecule has 0 aliphatic rings. The van der Waals surface area contributed by atoms with E-state index < -0.39 is 11.5 Å². The van der Waals surface area contributed by atoms with E-state index in [1.165, 1.54) is 10.9 Å². The first-order valence-electron chi connectivity index (χ1n) is 7.99. The lowest BCUT2D eigenvalue weighted by atomic mass is 10.2. The maximum atomic E-state index is 12.8. The van der Waals surface area contributed by atoms with Crippen molar-refractivity contribution in [1.82, 2.24) is 9.36 Å². The summed E-state index contributed by atoms with van der Waals surface area (Å²) < 4.78 is 8.09. The van der Waals surface area contributed by atoms with Gasteiger partial charge in [-0.15, -0.1) is 0 Å². The zero-order valence-electron chi connectivity index (χ0n) is 14.0. The molecule has 5 nitrogen and oxygen atoms in total. The Balaban J connectivity index is 2.09. The number of aromatic nitrogens is 2. The highest BCUT2D eigenvalue weighted by atomic mass is 35.5. The molecular formula is C19H16Cl2N2O3. The van der Waals surface area contributed by atoms with Crippen molar-refractivity contribution in [2.75, 3.05) is 6.61 Å². The smallest absolute Gasteiger partial charge is 0.345 e. The maximum Gasteiger partial charge on any atom is 0.345 e. The number of rotatable bonds is 5. The topological polar surface area (TPSA) is 53.2 Å². The van der Waals surface area contributed by atoms with Crippen LogP contribution in [0.25, 0.3) is 5.69 Å². The molecule has 0 spiro atoms. The van der Waals surface area contributed by atoms with Crippen LogP contribution in [0.2, 0.25) is 10.0 Å². The standard InChI is InChI=1S/C19H16Cl2N2O3/c1-2-26-19(25)17-12-22(11-13-3-5-14(20)6-4-13)23(18(17)24)16-9-7-15(21)8-10-16/h3-10,12H,2,11H2,1H3. The van der Waals surface area contributed by atoms with Crippen LogP contribution in [0, 0.1) is 0 Å². The minimum absolute atomic E-state index is 0.0178. The van der Waals surface area contributed by atoms with E-state index in [0.717, 1.165) is 5.56 Å². The lowest BCUT2D eigenvalue weighted by Crippen LogP contribution is -2.24. The minimum Gasteiger partial charge on any atom is -0.462 e. The molecule has 3 rings (SSSR count). The van der Waals surface area contributed by atoms with E-state index in [1.807, 2.05) is 12.1 Å². The number of benzene rings is 2. The van der Waals surface area contributed by atoms with Crippen molar-refractivity contribution in [3.63, 3.8) is 0 Å². The molecule has 0 aliphatic heterocycles. The van der Waals surface area contributed by atoms with Gasteiger partial charge in [0.1, 0.15) is 5.56 Å². The molecule has 1 aromatic heterocycles. The largest absolute Gasteiger partial charge is 0.462 e. The third kappa shape index (κ3) is 3.84. The van der Waals surface area contributed by atoms with Crippen molar-refractivity contribution < 1.29 is 9.53 Å². The maximum absolute atomic E-state index is 12.8. The summed E-state index contributed by atoms with van der Waals surface area (Å²) in [4.78, 5) is 24.9. The van der Waals surface area contributed by atoms with E-state index in [2.05, 4.69) is 0 Å². The van der Waals surface area contributed by atoms with Crippen LogP contribution in [-0.4, -0.2) is 21.9 Å². The first-order valence-corrected chi connectivity index (χ1v) is 8.75. The van der Waals surface area contributed by atoms with Crippen LogP contribution in [0.5, 0.6) is 0 Å². The Bertz CT molecular complexity index is 974. The fraction of sp³-hybridized carbons (Fsp3) is 0.158. The second kappa shape index (κ2) is 7.81. The fourth-order valence-corrected chi connectivity index (χ4v) is 2.83. The quantitative estimate of drug-likeness (QED) is 0.614. The molecule has 0 N–H and O–H groups in total. The van der Waals surface area contributed by atoms with Crippen molar-refractivity contribution >= 4 is 29.2 Å². The van der Waals surface area contributed by atoms with Gasteiger partial charge >= 0.3 is 5.97 Å². The van der Waals surface area contributed by atoms with E-state index in [0.29, 0.717) is 22.3 Å². The molecule has 0 radical (unpaired) electrons. The van der Waals surface area contributed by atoms with Gasteiger partial charge in [-0.2, -0.15) is 0 Å². The zero-order chi connectivity index (χ0) is 18.7. The van der Waals surface area contributed by atoms with Crippen molar-refractivity contribution in [3.8, 4) is 5.69 Å². The molecule has 0 fully saturated rings. The molecule has 0 saturated carbocycles.